The molecule has 1 aliphatic heterocycles. The molecule has 124 valence electrons. The zero-order valence-electron chi connectivity index (χ0n) is 11.8. The molecule has 5 nitrogen and oxygen atoms in total. The summed E-state index contributed by atoms with van der Waals surface area (Å²) >= 11 is 3.32. The van der Waals surface area contributed by atoms with Gasteiger partial charge in [-0.25, -0.2) is 4.79 Å². The van der Waals surface area contributed by atoms with Crippen LogP contribution >= 0.6 is 15.9 Å². The molecule has 9 heteroatoms. The second kappa shape index (κ2) is 5.33. The normalized spacial score (nSPS) is 17.2. The van der Waals surface area contributed by atoms with E-state index in [0.29, 0.717) is 23.1 Å². The van der Waals surface area contributed by atoms with E-state index in [2.05, 4.69) is 31.0 Å². The molecule has 1 aliphatic rings. The van der Waals surface area contributed by atoms with Crippen LogP contribution < -0.4 is 5.32 Å². The Morgan fingerprint density at radius 2 is 2.22 bits per heavy atom. The van der Waals surface area contributed by atoms with E-state index in [1.165, 1.54) is 6.07 Å². The van der Waals surface area contributed by atoms with E-state index in [9.17, 15) is 23.1 Å². The number of aromatic amines is 1. The van der Waals surface area contributed by atoms with Crippen molar-refractivity contribution in [1.82, 2.24) is 4.98 Å². The number of phenolic OH excluding ortho intramolecular Hbond substituents is 1. The van der Waals surface area contributed by atoms with E-state index >= 15 is 0 Å². The molecule has 0 saturated heterocycles. The minimum Gasteiger partial charge on any atom is -0.506 e. The number of fused-ring (bicyclic) bond motifs is 3. The summed E-state index contributed by atoms with van der Waals surface area (Å²) < 4.78 is 44.4. The third-order valence-corrected chi connectivity index (χ3v) is 4.68. The molecule has 3 N–H and O–H groups in total. The Hall–Kier alpha value is -1.90. The highest BCUT2D eigenvalue weighted by Crippen LogP contribution is 2.46. The first-order chi connectivity index (χ1) is 10.8. The monoisotopic (exact) mass is 392 g/mol. The average molecular weight is 393 g/mol. The van der Waals surface area contributed by atoms with E-state index in [1.54, 1.807) is 0 Å². The van der Waals surface area contributed by atoms with E-state index in [4.69, 9.17) is 0 Å². The third-order valence-electron chi connectivity index (χ3n) is 3.90. The molecule has 0 saturated carbocycles. The van der Waals surface area contributed by atoms with Crippen molar-refractivity contribution in [1.29, 1.82) is 0 Å². The molecule has 23 heavy (non-hydrogen) atoms. The number of carbonyl (C=O) groups is 1. The van der Waals surface area contributed by atoms with Gasteiger partial charge in [0, 0.05) is 34.9 Å². The first-order valence-electron chi connectivity index (χ1n) is 6.66. The topological polar surface area (TPSA) is 74.4 Å². The van der Waals surface area contributed by atoms with Crippen molar-refractivity contribution < 1.29 is 27.8 Å². The Morgan fingerprint density at radius 3 is 2.78 bits per heavy atom. The number of esters is 1. The Bertz CT molecular complexity index is 801. The van der Waals surface area contributed by atoms with Gasteiger partial charge in [0.1, 0.15) is 11.4 Å². The van der Waals surface area contributed by atoms with Crippen molar-refractivity contribution >= 4 is 38.5 Å². The predicted octanol–water partition coefficient (Wildman–Crippen LogP) is 3.58. The van der Waals surface area contributed by atoms with Gasteiger partial charge >= 0.3 is 12.1 Å². The summed E-state index contributed by atoms with van der Waals surface area (Å²) in [5.74, 6) is -1.59. The fourth-order valence-electron chi connectivity index (χ4n) is 2.94. The molecule has 0 radical (unpaired) electrons. The molecule has 0 spiro atoms. The summed E-state index contributed by atoms with van der Waals surface area (Å²) in [5.41, 5.74) is -0.870. The molecule has 1 unspecified atom stereocenters. The van der Waals surface area contributed by atoms with Crippen molar-refractivity contribution in [3.8, 4) is 5.75 Å². The first-order valence-corrected chi connectivity index (χ1v) is 7.78. The minimum absolute atomic E-state index is 0.0497. The van der Waals surface area contributed by atoms with E-state index in [-0.39, 0.29) is 22.6 Å². The second-order valence-corrected chi connectivity index (χ2v) is 5.85. The van der Waals surface area contributed by atoms with Crippen LogP contribution in [-0.2, 0) is 10.9 Å². The van der Waals surface area contributed by atoms with E-state index in [1.807, 2.05) is 0 Å². The van der Waals surface area contributed by atoms with Gasteiger partial charge in [0.2, 0.25) is 0 Å². The zero-order chi connectivity index (χ0) is 16.9. The number of rotatable bonds is 2. The van der Waals surface area contributed by atoms with Gasteiger partial charge in [-0.3, -0.25) is 0 Å². The van der Waals surface area contributed by atoms with Crippen LogP contribution in [0.3, 0.4) is 0 Å². The number of H-pyrrole nitrogens is 1. The van der Waals surface area contributed by atoms with Crippen LogP contribution in [0.4, 0.5) is 18.9 Å². The number of benzene rings is 1. The number of hydrogen-bond acceptors (Lipinski definition) is 4. The van der Waals surface area contributed by atoms with Crippen molar-refractivity contribution in [2.45, 2.75) is 12.1 Å². The van der Waals surface area contributed by atoms with Gasteiger partial charge < -0.3 is 20.1 Å². The summed E-state index contributed by atoms with van der Waals surface area (Å²) in [5, 5.41) is 13.6. The van der Waals surface area contributed by atoms with Crippen LogP contribution in [0.1, 0.15) is 27.5 Å². The lowest BCUT2D eigenvalue weighted by molar-refractivity contribution is -0.141. The van der Waals surface area contributed by atoms with Gasteiger partial charge in [-0.05, 0) is 5.56 Å². The SMILES string of the molecule is COC(=O)c1c(C(F)(F)F)[nH]c2c(O)cc3c(c12)C(CBr)CN3. The molecule has 1 atom stereocenters. The maximum atomic E-state index is 13.3. The number of aromatic nitrogens is 1. The lowest BCUT2D eigenvalue weighted by atomic mass is 9.95. The minimum atomic E-state index is -4.78. The molecule has 3 rings (SSSR count). The molecule has 2 aromatic rings. The first kappa shape index (κ1) is 16.0. The number of hydrogen-bond donors (Lipinski definition) is 3. The fourth-order valence-corrected chi connectivity index (χ4v) is 3.49. The lowest BCUT2D eigenvalue weighted by Crippen LogP contribution is -2.13. The van der Waals surface area contributed by atoms with Crippen LogP contribution in [0, 0.1) is 0 Å². The summed E-state index contributed by atoms with van der Waals surface area (Å²) in [4.78, 5) is 14.1. The van der Waals surface area contributed by atoms with Gasteiger partial charge in [-0.2, -0.15) is 13.2 Å². The highest BCUT2D eigenvalue weighted by Gasteiger charge is 2.41. The van der Waals surface area contributed by atoms with Crippen molar-refractivity contribution in [3.05, 3.63) is 22.9 Å². The summed E-state index contributed by atoms with van der Waals surface area (Å²) in [6, 6.07) is 1.36. The average Bonchev–Trinajstić information content (AvgIpc) is 3.06. The highest BCUT2D eigenvalue weighted by atomic mass is 79.9. The maximum Gasteiger partial charge on any atom is 0.432 e. The number of halogens is 4. The van der Waals surface area contributed by atoms with Gasteiger partial charge in [0.05, 0.1) is 18.2 Å². The Labute approximate surface area is 136 Å². The number of alkyl halides is 4. The quantitative estimate of drug-likeness (QED) is 0.539. The van der Waals surface area contributed by atoms with E-state index < -0.39 is 23.4 Å². The van der Waals surface area contributed by atoms with Gasteiger partial charge in [-0.1, -0.05) is 15.9 Å². The Morgan fingerprint density at radius 1 is 1.52 bits per heavy atom. The number of methoxy groups -OCH3 is 1. The van der Waals surface area contributed by atoms with Crippen molar-refractivity contribution in [2.24, 2.45) is 0 Å². The Kier molecular flexibility index (Phi) is 3.70. The smallest absolute Gasteiger partial charge is 0.432 e. The Balaban J connectivity index is 2.46. The highest BCUT2D eigenvalue weighted by molar-refractivity contribution is 9.09. The third kappa shape index (κ3) is 2.34. The molecule has 2 heterocycles. The summed E-state index contributed by atoms with van der Waals surface area (Å²) in [6.07, 6.45) is -4.78. The van der Waals surface area contributed by atoms with Crippen LogP contribution in [-0.4, -0.2) is 35.0 Å². The largest absolute Gasteiger partial charge is 0.506 e. The van der Waals surface area contributed by atoms with Crippen LogP contribution in [0.5, 0.6) is 5.75 Å². The summed E-state index contributed by atoms with van der Waals surface area (Å²) in [6.45, 7) is 0.492. The van der Waals surface area contributed by atoms with Crippen LogP contribution in [0.25, 0.3) is 10.9 Å². The summed E-state index contributed by atoms with van der Waals surface area (Å²) in [7, 11) is 1.02. The number of anilines is 1. The number of phenols is 1. The zero-order valence-corrected chi connectivity index (χ0v) is 13.4. The number of carbonyl (C=O) groups excluding carboxylic acids is 1. The van der Waals surface area contributed by atoms with Gasteiger partial charge in [0.25, 0.3) is 0 Å². The number of nitrogens with one attached hydrogen (secondary N) is 2. The van der Waals surface area contributed by atoms with Crippen LogP contribution in [0.15, 0.2) is 6.07 Å². The van der Waals surface area contributed by atoms with Gasteiger partial charge in [-0.15, -0.1) is 0 Å². The standard InChI is InChI=1S/C14H12BrF3N2O3/c1-23-13(22)10-9-8-5(3-15)4-19-6(8)2-7(21)11(9)20-12(10)14(16,17)18/h2,5,19-21H,3-4H2,1H3. The van der Waals surface area contributed by atoms with E-state index in [0.717, 1.165) is 7.11 Å². The molecular weight excluding hydrogens is 381 g/mol. The lowest BCUT2D eigenvalue weighted by Gasteiger charge is -2.11. The van der Waals surface area contributed by atoms with Gasteiger partial charge in [0.15, 0.2) is 0 Å². The molecule has 1 aromatic carbocycles. The maximum absolute atomic E-state index is 13.3. The molecular formula is C14H12BrF3N2O3. The number of aromatic hydroxyl groups is 1. The molecule has 0 bridgehead atoms. The fraction of sp³-hybridized carbons (Fsp3) is 0.357. The van der Waals surface area contributed by atoms with Crippen molar-refractivity contribution in [3.63, 3.8) is 0 Å². The van der Waals surface area contributed by atoms with Crippen molar-refractivity contribution in [2.75, 3.05) is 24.3 Å². The molecule has 0 aliphatic carbocycles. The number of ether oxygens (including phenoxy) is 1. The van der Waals surface area contributed by atoms with Crippen LogP contribution in [0.2, 0.25) is 0 Å². The molecule has 0 amide bonds. The molecule has 0 fully saturated rings. The second-order valence-electron chi connectivity index (χ2n) is 5.20. The predicted molar refractivity (Wildman–Crippen MR) is 81.3 cm³/mol. The molecule has 1 aromatic heterocycles.